The zero-order valence-electron chi connectivity index (χ0n) is 13.7. The van der Waals surface area contributed by atoms with Crippen LogP contribution in [0.4, 0.5) is 4.79 Å². The van der Waals surface area contributed by atoms with Gasteiger partial charge in [-0.25, -0.2) is 4.79 Å². The van der Waals surface area contributed by atoms with Gasteiger partial charge in [0.05, 0.1) is 0 Å². The van der Waals surface area contributed by atoms with Crippen molar-refractivity contribution in [2.45, 2.75) is 84.4 Å². The van der Waals surface area contributed by atoms with Gasteiger partial charge in [0.25, 0.3) is 0 Å². The Morgan fingerprint density at radius 2 is 1.90 bits per heavy atom. The summed E-state index contributed by atoms with van der Waals surface area (Å²) >= 11 is 0. The lowest BCUT2D eigenvalue weighted by Gasteiger charge is -2.43. The molecule has 0 aromatic carbocycles. The van der Waals surface area contributed by atoms with E-state index in [-0.39, 0.29) is 24.8 Å². The van der Waals surface area contributed by atoms with E-state index in [1.807, 2.05) is 25.7 Å². The van der Waals surface area contributed by atoms with Gasteiger partial charge in [0.15, 0.2) is 0 Å². The Hall–Kier alpha value is -0.770. The molecule has 0 aliphatic carbocycles. The molecule has 2 unspecified atom stereocenters. The molecule has 0 spiro atoms. The first-order valence-electron chi connectivity index (χ1n) is 7.86. The van der Waals surface area contributed by atoms with Crippen LogP contribution in [0.3, 0.4) is 0 Å². The number of carbonyl (C=O) groups excluding carboxylic acids is 1. The predicted molar refractivity (Wildman–Crippen MR) is 80.7 cm³/mol. The first-order valence-corrected chi connectivity index (χ1v) is 7.86. The molecule has 4 heteroatoms. The minimum atomic E-state index is -0.472. The van der Waals surface area contributed by atoms with Crippen LogP contribution < -0.4 is 0 Å². The van der Waals surface area contributed by atoms with Crippen molar-refractivity contribution < 1.29 is 14.6 Å². The van der Waals surface area contributed by atoms with E-state index in [9.17, 15) is 9.90 Å². The molecule has 0 aromatic rings. The van der Waals surface area contributed by atoms with E-state index >= 15 is 0 Å². The maximum Gasteiger partial charge on any atom is 0.410 e. The fraction of sp³-hybridized carbons (Fsp3) is 0.938. The molecule has 1 N–H and O–H groups in total. The largest absolute Gasteiger partial charge is 0.444 e. The van der Waals surface area contributed by atoms with Gasteiger partial charge in [-0.15, -0.1) is 0 Å². The van der Waals surface area contributed by atoms with E-state index < -0.39 is 5.60 Å². The Balaban J connectivity index is 2.84. The van der Waals surface area contributed by atoms with Gasteiger partial charge in [-0.3, -0.25) is 0 Å². The number of rotatable bonds is 4. The lowest BCUT2D eigenvalue weighted by Crippen LogP contribution is -2.52. The fourth-order valence-corrected chi connectivity index (χ4v) is 2.99. The van der Waals surface area contributed by atoms with E-state index in [1.165, 1.54) is 0 Å². The molecule has 1 saturated heterocycles. The third kappa shape index (κ3) is 5.31. The first kappa shape index (κ1) is 17.3. The lowest BCUT2D eigenvalue weighted by molar-refractivity contribution is -0.0120. The maximum atomic E-state index is 12.5. The molecule has 1 heterocycles. The molecule has 0 bridgehead atoms. The second-order valence-corrected chi connectivity index (χ2v) is 7.27. The van der Waals surface area contributed by atoms with E-state index in [4.69, 9.17) is 4.74 Å². The highest BCUT2D eigenvalue weighted by Crippen LogP contribution is 2.30. The van der Waals surface area contributed by atoms with Crippen molar-refractivity contribution in [1.82, 2.24) is 4.90 Å². The summed E-state index contributed by atoms with van der Waals surface area (Å²) in [6, 6.07) is 0.363. The van der Waals surface area contributed by atoms with Crippen LogP contribution in [0.2, 0.25) is 0 Å². The van der Waals surface area contributed by atoms with Gasteiger partial charge in [-0.2, -0.15) is 0 Å². The third-order valence-electron chi connectivity index (χ3n) is 3.67. The summed E-state index contributed by atoms with van der Waals surface area (Å²) in [6.45, 7) is 10.2. The number of aliphatic hydroxyl groups is 1. The summed E-state index contributed by atoms with van der Waals surface area (Å²) in [5, 5.41) is 9.24. The van der Waals surface area contributed by atoms with Crippen molar-refractivity contribution >= 4 is 6.09 Å². The molecule has 0 aromatic heterocycles. The van der Waals surface area contributed by atoms with E-state index in [1.54, 1.807) is 0 Å². The number of amides is 1. The number of carbonyl (C=O) groups is 1. The average Bonchev–Trinajstić information content (AvgIpc) is 2.26. The highest BCUT2D eigenvalue weighted by atomic mass is 16.6. The molecule has 0 radical (unpaired) electrons. The van der Waals surface area contributed by atoms with Gasteiger partial charge in [-0.05, 0) is 58.8 Å². The normalized spacial score (nSPS) is 24.1. The van der Waals surface area contributed by atoms with Crippen LogP contribution in [0.15, 0.2) is 0 Å². The number of nitrogens with zero attached hydrogens (tertiary/aromatic N) is 1. The molecule has 1 aliphatic heterocycles. The SMILES string of the molecule is CC(C)CC1CCCC(CCO)N1C(=O)OC(C)(C)C. The Labute approximate surface area is 123 Å². The second-order valence-electron chi connectivity index (χ2n) is 7.27. The molecule has 1 aliphatic rings. The Kier molecular flexibility index (Phi) is 6.31. The fourth-order valence-electron chi connectivity index (χ4n) is 2.99. The van der Waals surface area contributed by atoms with Crippen LogP contribution >= 0.6 is 0 Å². The number of ether oxygens (including phenoxy) is 1. The molecule has 1 amide bonds. The zero-order valence-corrected chi connectivity index (χ0v) is 13.7. The van der Waals surface area contributed by atoms with Crippen LogP contribution in [-0.4, -0.2) is 40.4 Å². The minimum absolute atomic E-state index is 0.118. The van der Waals surface area contributed by atoms with Crippen LogP contribution in [0.5, 0.6) is 0 Å². The quantitative estimate of drug-likeness (QED) is 0.859. The van der Waals surface area contributed by atoms with Gasteiger partial charge in [0.2, 0.25) is 0 Å². The highest BCUT2D eigenvalue weighted by molar-refractivity contribution is 5.69. The standard InChI is InChI=1S/C16H31NO3/c1-12(2)11-14-8-6-7-13(9-10-18)17(14)15(19)20-16(3,4)5/h12-14,18H,6-11H2,1-5H3. The van der Waals surface area contributed by atoms with Crippen LogP contribution in [0, 0.1) is 5.92 Å². The molecule has 1 rings (SSSR count). The number of piperidine rings is 1. The van der Waals surface area contributed by atoms with Crippen molar-refractivity contribution in [2.75, 3.05) is 6.61 Å². The van der Waals surface area contributed by atoms with Gasteiger partial charge >= 0.3 is 6.09 Å². The highest BCUT2D eigenvalue weighted by Gasteiger charge is 2.36. The third-order valence-corrected chi connectivity index (χ3v) is 3.67. The Morgan fingerprint density at radius 3 is 2.40 bits per heavy atom. The summed E-state index contributed by atoms with van der Waals surface area (Å²) in [4.78, 5) is 14.4. The average molecular weight is 285 g/mol. The first-order chi connectivity index (χ1) is 9.24. The Morgan fingerprint density at radius 1 is 1.30 bits per heavy atom. The molecular weight excluding hydrogens is 254 g/mol. The van der Waals surface area contributed by atoms with Crippen molar-refractivity contribution in [3.8, 4) is 0 Å². The van der Waals surface area contributed by atoms with E-state index in [2.05, 4.69) is 13.8 Å². The summed E-state index contributed by atoms with van der Waals surface area (Å²) in [5.74, 6) is 0.554. The van der Waals surface area contributed by atoms with Gasteiger partial charge in [0, 0.05) is 18.7 Å². The van der Waals surface area contributed by atoms with Crippen LogP contribution in [0.25, 0.3) is 0 Å². The van der Waals surface area contributed by atoms with Crippen molar-refractivity contribution in [1.29, 1.82) is 0 Å². The summed E-state index contributed by atoms with van der Waals surface area (Å²) < 4.78 is 5.57. The van der Waals surface area contributed by atoms with Crippen molar-refractivity contribution in [3.05, 3.63) is 0 Å². The van der Waals surface area contributed by atoms with Crippen molar-refractivity contribution in [3.63, 3.8) is 0 Å². The number of likely N-dealkylation sites (tertiary alicyclic amines) is 1. The van der Waals surface area contributed by atoms with Crippen molar-refractivity contribution in [2.24, 2.45) is 5.92 Å². The van der Waals surface area contributed by atoms with Gasteiger partial charge in [-0.1, -0.05) is 13.8 Å². The topological polar surface area (TPSA) is 49.8 Å². The monoisotopic (exact) mass is 285 g/mol. The number of hydrogen-bond acceptors (Lipinski definition) is 3. The molecule has 118 valence electrons. The van der Waals surface area contributed by atoms with Crippen LogP contribution in [0.1, 0.15) is 66.7 Å². The zero-order chi connectivity index (χ0) is 15.3. The molecule has 0 saturated carbocycles. The van der Waals surface area contributed by atoms with Crippen LogP contribution in [-0.2, 0) is 4.74 Å². The maximum absolute atomic E-state index is 12.5. The van der Waals surface area contributed by atoms with Gasteiger partial charge in [0.1, 0.15) is 5.60 Å². The molecular formula is C16H31NO3. The second kappa shape index (κ2) is 7.30. The molecule has 2 atom stereocenters. The summed E-state index contributed by atoms with van der Waals surface area (Å²) in [5.41, 5.74) is -0.472. The molecule has 20 heavy (non-hydrogen) atoms. The predicted octanol–water partition coefficient (Wildman–Crippen LogP) is 3.57. The number of hydrogen-bond donors (Lipinski definition) is 1. The summed E-state index contributed by atoms with van der Waals surface area (Å²) in [6.07, 6.45) is 4.56. The molecule has 4 nitrogen and oxygen atoms in total. The van der Waals surface area contributed by atoms with E-state index in [0.717, 1.165) is 25.7 Å². The minimum Gasteiger partial charge on any atom is -0.444 e. The molecule has 1 fully saturated rings. The Bertz CT molecular complexity index is 307. The lowest BCUT2D eigenvalue weighted by atomic mass is 9.89. The van der Waals surface area contributed by atoms with Gasteiger partial charge < -0.3 is 14.7 Å². The van der Waals surface area contributed by atoms with E-state index in [0.29, 0.717) is 12.3 Å². The smallest absolute Gasteiger partial charge is 0.410 e. The summed E-state index contributed by atoms with van der Waals surface area (Å²) in [7, 11) is 0. The number of aliphatic hydroxyl groups excluding tert-OH is 1.